The van der Waals surface area contributed by atoms with Crippen molar-refractivity contribution in [2.24, 2.45) is 0 Å². The molecule has 1 aliphatic rings. The molecule has 2 amide bonds. The van der Waals surface area contributed by atoms with Gasteiger partial charge in [-0.1, -0.05) is 24.3 Å². The fourth-order valence-corrected chi connectivity index (χ4v) is 1.07. The first-order valence-electron chi connectivity index (χ1n) is 3.18. The van der Waals surface area contributed by atoms with E-state index in [1.54, 1.807) is 24.3 Å². The van der Waals surface area contributed by atoms with Crippen molar-refractivity contribution in [3.05, 3.63) is 48.1 Å². The van der Waals surface area contributed by atoms with Crippen LogP contribution >= 0.6 is 0 Å². The number of amides is 2. The van der Waals surface area contributed by atoms with Crippen molar-refractivity contribution >= 4 is 11.8 Å². The molecule has 0 aliphatic carbocycles. The second kappa shape index (κ2) is 4.63. The van der Waals surface area contributed by atoms with E-state index in [1.165, 1.54) is 0 Å². The summed E-state index contributed by atoms with van der Waals surface area (Å²) in [6.45, 7) is 0. The van der Waals surface area contributed by atoms with Gasteiger partial charge < -0.3 is 22.3 Å². The molecule has 3 nitrogen and oxygen atoms in total. The van der Waals surface area contributed by atoms with Crippen molar-refractivity contribution in [3.63, 3.8) is 0 Å². The van der Waals surface area contributed by atoms with E-state index in [4.69, 9.17) is 0 Å². The number of hydrogen-bond acceptors (Lipinski definition) is 2. The predicted octanol–water partition coefficient (Wildman–Crippen LogP) is 1.80. The Kier molecular flexibility index (Phi) is 4.44. The molecule has 0 saturated heterocycles. The number of carbonyl (C=O) groups excluding carboxylic acids is 2. The summed E-state index contributed by atoms with van der Waals surface area (Å²) in [4.78, 5) is 21.8. The largest absolute Gasteiger partial charge is 0.587 e. The summed E-state index contributed by atoms with van der Waals surface area (Å²) in [6.07, 6.45) is 0. The quantitative estimate of drug-likeness (QED) is 0.520. The van der Waals surface area contributed by atoms with Crippen LogP contribution in [0.1, 0.15) is 20.7 Å². The molecule has 1 aliphatic heterocycles. The molecule has 0 aromatic heterocycles. The number of fused-ring (bicyclic) bond motifs is 1. The molecule has 0 bridgehead atoms. The fourth-order valence-electron chi connectivity index (χ4n) is 1.07. The van der Waals surface area contributed by atoms with Gasteiger partial charge >= 0.3 is 0 Å². The number of hydrogen-bond donors (Lipinski definition) is 0. The van der Waals surface area contributed by atoms with Gasteiger partial charge in [-0.25, -0.2) is 0 Å². The van der Waals surface area contributed by atoms with Gasteiger partial charge in [0.05, 0.1) is 11.8 Å². The summed E-state index contributed by atoms with van der Waals surface area (Å²) in [5.74, 6) is -0.851. The molecule has 0 unspecified atom stereocenters. The van der Waals surface area contributed by atoms with Gasteiger partial charge in [0.25, 0.3) is 0 Å². The molecule has 2 rings (SSSR count). The maximum atomic E-state index is 10.9. The van der Waals surface area contributed by atoms with E-state index in [9.17, 15) is 9.59 Å². The minimum absolute atomic E-state index is 0. The van der Waals surface area contributed by atoms with Gasteiger partial charge in [0, 0.05) is 43.8 Å². The maximum Gasteiger partial charge on any atom is 0.0883 e. The molecule has 0 fully saturated rings. The van der Waals surface area contributed by atoms with E-state index in [1.807, 2.05) is 0 Å². The molecule has 1 heterocycles. The summed E-state index contributed by atoms with van der Waals surface area (Å²) in [5, 5.41) is 3.28. The molecular formula is C9H7NO2Y-2. The first-order valence-corrected chi connectivity index (χ1v) is 3.18. The molecule has 4 heteroatoms. The Balaban J connectivity index is 0.000000720. The summed E-state index contributed by atoms with van der Waals surface area (Å²) in [6, 6.07) is 6.63. The fraction of sp³-hybridized carbons (Fsp3) is 0. The predicted molar refractivity (Wildman–Crippen MR) is 44.9 cm³/mol. The van der Waals surface area contributed by atoms with E-state index < -0.39 is 11.8 Å². The average molecular weight is 250 g/mol. The maximum absolute atomic E-state index is 10.9. The van der Waals surface area contributed by atoms with Gasteiger partial charge in [-0.05, 0) is 0 Å². The molecule has 0 spiro atoms. The van der Waals surface area contributed by atoms with Gasteiger partial charge in [-0.3, -0.25) is 0 Å². The molecule has 1 radical (unpaired) electrons. The Hall–Kier alpha value is -0.536. The minimum atomic E-state index is -0.425. The van der Waals surface area contributed by atoms with Crippen molar-refractivity contribution in [1.82, 2.24) is 0 Å². The van der Waals surface area contributed by atoms with E-state index in [0.29, 0.717) is 11.1 Å². The van der Waals surface area contributed by atoms with Crippen LogP contribution < -0.4 is 0 Å². The van der Waals surface area contributed by atoms with Crippen LogP contribution in [0.15, 0.2) is 24.3 Å². The smallest absolute Gasteiger partial charge is 0.0883 e. The van der Waals surface area contributed by atoms with Crippen LogP contribution in [-0.4, -0.2) is 11.8 Å². The van der Waals surface area contributed by atoms with Crippen molar-refractivity contribution < 1.29 is 42.3 Å². The van der Waals surface area contributed by atoms with Crippen LogP contribution in [0, 0.1) is 7.43 Å². The van der Waals surface area contributed by atoms with Gasteiger partial charge in [-0.2, -0.15) is 0 Å². The van der Waals surface area contributed by atoms with Crippen molar-refractivity contribution in [2.75, 3.05) is 0 Å². The zero-order valence-electron chi connectivity index (χ0n) is 7.15. The Bertz CT molecular complexity index is 316. The first kappa shape index (κ1) is 12.5. The van der Waals surface area contributed by atoms with E-state index in [0.717, 1.165) is 0 Å². The molecule has 13 heavy (non-hydrogen) atoms. The van der Waals surface area contributed by atoms with Crippen molar-refractivity contribution in [3.8, 4) is 0 Å². The summed E-state index contributed by atoms with van der Waals surface area (Å²) >= 11 is 0. The molecule has 65 valence electrons. The molecule has 0 atom stereocenters. The normalized spacial score (nSPS) is 12.3. The zero-order valence-corrected chi connectivity index (χ0v) is 9.99. The number of imide groups is 1. The third-order valence-electron chi connectivity index (χ3n) is 1.59. The number of carbonyl (C=O) groups is 2. The van der Waals surface area contributed by atoms with E-state index >= 15 is 0 Å². The Morgan fingerprint density at radius 2 is 1.31 bits per heavy atom. The Morgan fingerprint density at radius 3 is 1.69 bits per heavy atom. The molecule has 1 aromatic rings. The summed E-state index contributed by atoms with van der Waals surface area (Å²) in [7, 11) is 0. The standard InChI is InChI=1S/C8H5NO2.CH3.Y/c10-7-5-3-1-2-4-6(5)8(11)9-7;;/h1-4H,(H,9,10,11);1H3;/q;-1;/p-1. The molecule has 0 N–H and O–H groups in total. The number of nitrogens with zero attached hydrogens (tertiary/aromatic N) is 1. The minimum Gasteiger partial charge on any atom is -0.587 e. The van der Waals surface area contributed by atoms with Gasteiger partial charge in [0.1, 0.15) is 0 Å². The number of rotatable bonds is 0. The number of benzene rings is 1. The van der Waals surface area contributed by atoms with Gasteiger partial charge in [0.2, 0.25) is 0 Å². The average Bonchev–Trinajstić information content (AvgIpc) is 2.30. The SMILES string of the molecule is O=C1[N-]C(=O)c2ccccc21.[CH3-].[Y]. The van der Waals surface area contributed by atoms with Crippen LogP contribution in [0.4, 0.5) is 0 Å². The van der Waals surface area contributed by atoms with Crippen LogP contribution in [0.3, 0.4) is 0 Å². The summed E-state index contributed by atoms with van der Waals surface area (Å²) < 4.78 is 0. The van der Waals surface area contributed by atoms with E-state index in [-0.39, 0.29) is 40.1 Å². The van der Waals surface area contributed by atoms with Crippen LogP contribution in [0.2, 0.25) is 0 Å². The third-order valence-corrected chi connectivity index (χ3v) is 1.59. The topological polar surface area (TPSA) is 48.2 Å². The monoisotopic (exact) mass is 250 g/mol. The first-order chi connectivity index (χ1) is 5.29. The Morgan fingerprint density at radius 1 is 0.923 bits per heavy atom. The van der Waals surface area contributed by atoms with Crippen molar-refractivity contribution in [1.29, 1.82) is 0 Å². The van der Waals surface area contributed by atoms with Crippen LogP contribution in [0.5, 0.6) is 0 Å². The molecular weight excluding hydrogens is 243 g/mol. The third kappa shape index (κ3) is 2.03. The second-order valence-corrected chi connectivity index (χ2v) is 2.27. The van der Waals surface area contributed by atoms with Crippen LogP contribution in [0.25, 0.3) is 5.32 Å². The Labute approximate surface area is 102 Å². The second-order valence-electron chi connectivity index (χ2n) is 2.27. The zero-order chi connectivity index (χ0) is 7.84. The van der Waals surface area contributed by atoms with Crippen LogP contribution in [-0.2, 0) is 32.7 Å². The van der Waals surface area contributed by atoms with Gasteiger partial charge in [0.15, 0.2) is 0 Å². The van der Waals surface area contributed by atoms with Crippen molar-refractivity contribution in [2.45, 2.75) is 0 Å². The molecule has 0 saturated carbocycles. The molecule has 1 aromatic carbocycles. The van der Waals surface area contributed by atoms with E-state index in [2.05, 4.69) is 5.32 Å². The van der Waals surface area contributed by atoms with Gasteiger partial charge in [-0.15, -0.1) is 0 Å². The summed E-state index contributed by atoms with van der Waals surface area (Å²) in [5.41, 5.74) is 0.829.